The fraction of sp³-hybridized carbons (Fsp3) is 0.364. The zero-order valence-electron chi connectivity index (χ0n) is 9.81. The highest BCUT2D eigenvalue weighted by Crippen LogP contribution is 2.16. The molecule has 2 nitrogen and oxygen atoms in total. The molecule has 0 aliphatic carbocycles. The van der Waals surface area contributed by atoms with Crippen LogP contribution < -0.4 is 0 Å². The lowest BCUT2D eigenvalue weighted by atomic mass is 10.1. The highest BCUT2D eigenvalue weighted by molar-refractivity contribution is 6.71. The van der Waals surface area contributed by atoms with E-state index in [1.165, 1.54) is 0 Å². The first-order valence-corrected chi connectivity index (χ1v) is 8.46. The molecule has 1 aromatic carbocycles. The van der Waals surface area contributed by atoms with Gasteiger partial charge in [-0.25, -0.2) is 13.2 Å². The van der Waals surface area contributed by atoms with Gasteiger partial charge in [0.15, 0.2) is 17.5 Å². The molecule has 0 aliphatic heterocycles. The molecule has 0 aliphatic rings. The SMILES string of the molecule is C[Si](C)(C)OC(=O)Cc1ccc(F)c(F)c1F. The molecule has 0 saturated heterocycles. The number of carbonyl (C=O) groups is 1. The molecule has 0 aromatic heterocycles. The zero-order chi connectivity index (χ0) is 13.2. The number of hydrogen-bond donors (Lipinski definition) is 0. The zero-order valence-corrected chi connectivity index (χ0v) is 10.8. The molecule has 0 bridgehead atoms. The minimum absolute atomic E-state index is 0.202. The van der Waals surface area contributed by atoms with E-state index in [1.54, 1.807) is 19.6 Å². The van der Waals surface area contributed by atoms with Crippen LogP contribution in [0.5, 0.6) is 0 Å². The summed E-state index contributed by atoms with van der Waals surface area (Å²) in [5, 5.41) is 0. The second-order valence-electron chi connectivity index (χ2n) is 4.60. The molecule has 0 fully saturated rings. The normalized spacial score (nSPS) is 11.4. The monoisotopic (exact) mass is 262 g/mol. The third-order valence-electron chi connectivity index (χ3n) is 1.87. The van der Waals surface area contributed by atoms with Gasteiger partial charge >= 0.3 is 0 Å². The van der Waals surface area contributed by atoms with E-state index < -0.39 is 38.2 Å². The van der Waals surface area contributed by atoms with E-state index in [0.29, 0.717) is 0 Å². The number of benzene rings is 1. The largest absolute Gasteiger partial charge is 0.520 e. The van der Waals surface area contributed by atoms with Gasteiger partial charge in [0.05, 0.1) is 6.42 Å². The van der Waals surface area contributed by atoms with Crippen LogP contribution in [-0.4, -0.2) is 14.3 Å². The standard InChI is InChI=1S/C11H13F3O2Si/c1-17(2,3)16-9(15)6-7-4-5-8(12)11(14)10(7)13/h4-5H,6H2,1-3H3. The summed E-state index contributed by atoms with van der Waals surface area (Å²) in [6.07, 6.45) is -0.396. The van der Waals surface area contributed by atoms with Crippen molar-refractivity contribution in [2.24, 2.45) is 0 Å². The predicted molar refractivity (Wildman–Crippen MR) is 59.5 cm³/mol. The maximum Gasteiger partial charge on any atom is 0.297 e. The quantitative estimate of drug-likeness (QED) is 0.618. The van der Waals surface area contributed by atoms with E-state index in [0.717, 1.165) is 12.1 Å². The number of hydrogen-bond acceptors (Lipinski definition) is 2. The summed E-state index contributed by atoms with van der Waals surface area (Å²) in [6.45, 7) is 5.39. The van der Waals surface area contributed by atoms with E-state index in [-0.39, 0.29) is 5.56 Å². The lowest BCUT2D eigenvalue weighted by Crippen LogP contribution is -2.30. The smallest absolute Gasteiger partial charge is 0.297 e. The summed E-state index contributed by atoms with van der Waals surface area (Å²) in [7, 11) is -2.06. The van der Waals surface area contributed by atoms with Crippen molar-refractivity contribution in [3.63, 3.8) is 0 Å². The Kier molecular flexibility index (Phi) is 3.97. The van der Waals surface area contributed by atoms with Gasteiger partial charge in [-0.1, -0.05) is 6.07 Å². The van der Waals surface area contributed by atoms with E-state index in [2.05, 4.69) is 0 Å². The van der Waals surface area contributed by atoms with E-state index in [4.69, 9.17) is 4.43 Å². The number of rotatable bonds is 3. The Morgan fingerprint density at radius 3 is 2.29 bits per heavy atom. The van der Waals surface area contributed by atoms with Crippen molar-refractivity contribution >= 4 is 14.3 Å². The van der Waals surface area contributed by atoms with Crippen molar-refractivity contribution in [3.8, 4) is 0 Å². The summed E-state index contributed by atoms with van der Waals surface area (Å²) in [4.78, 5) is 11.4. The molecule has 6 heteroatoms. The molecule has 0 N–H and O–H groups in total. The molecule has 1 rings (SSSR count). The topological polar surface area (TPSA) is 26.3 Å². The van der Waals surface area contributed by atoms with Crippen LogP contribution in [0.3, 0.4) is 0 Å². The molecule has 0 amide bonds. The van der Waals surface area contributed by atoms with Crippen LogP contribution in [0.25, 0.3) is 0 Å². The lowest BCUT2D eigenvalue weighted by Gasteiger charge is -2.17. The molecule has 17 heavy (non-hydrogen) atoms. The Morgan fingerprint density at radius 2 is 1.76 bits per heavy atom. The Balaban J connectivity index is 2.83. The van der Waals surface area contributed by atoms with Gasteiger partial charge in [0.25, 0.3) is 5.97 Å². The van der Waals surface area contributed by atoms with Crippen LogP contribution in [-0.2, 0) is 15.6 Å². The first-order chi connectivity index (χ1) is 7.70. The third-order valence-corrected chi connectivity index (χ3v) is 2.71. The Bertz CT molecular complexity index is 441. The summed E-state index contributed by atoms with van der Waals surface area (Å²) in [5.74, 6) is -4.81. The van der Waals surface area contributed by atoms with Crippen LogP contribution in [0.2, 0.25) is 19.6 Å². The van der Waals surface area contributed by atoms with Crippen LogP contribution in [0.4, 0.5) is 13.2 Å². The molecule has 0 heterocycles. The maximum atomic E-state index is 13.2. The maximum absolute atomic E-state index is 13.2. The minimum Gasteiger partial charge on any atom is -0.520 e. The first-order valence-electron chi connectivity index (χ1n) is 5.05. The molecular weight excluding hydrogens is 249 g/mol. The average Bonchev–Trinajstić information content (AvgIpc) is 2.16. The summed E-state index contributed by atoms with van der Waals surface area (Å²) in [5.41, 5.74) is -0.202. The minimum atomic E-state index is -2.06. The fourth-order valence-corrected chi connectivity index (χ4v) is 1.99. The van der Waals surface area contributed by atoms with Gasteiger partial charge in [-0.3, -0.25) is 4.79 Å². The van der Waals surface area contributed by atoms with Crippen LogP contribution in [0.15, 0.2) is 12.1 Å². The summed E-state index contributed by atoms with van der Waals surface area (Å²) in [6, 6.07) is 1.83. The van der Waals surface area contributed by atoms with Gasteiger partial charge in [0, 0.05) is 5.56 Å². The van der Waals surface area contributed by atoms with E-state index in [9.17, 15) is 18.0 Å². The van der Waals surface area contributed by atoms with Crippen LogP contribution >= 0.6 is 0 Å². The molecule has 94 valence electrons. The second kappa shape index (κ2) is 4.91. The van der Waals surface area contributed by atoms with Gasteiger partial charge in [-0.2, -0.15) is 0 Å². The summed E-state index contributed by atoms with van der Waals surface area (Å²) >= 11 is 0. The van der Waals surface area contributed by atoms with Crippen molar-refractivity contribution in [1.82, 2.24) is 0 Å². The Labute approximate surface area is 98.5 Å². The van der Waals surface area contributed by atoms with Crippen molar-refractivity contribution in [3.05, 3.63) is 35.1 Å². The summed E-state index contributed by atoms with van der Waals surface area (Å²) < 4.78 is 43.9. The molecule has 0 radical (unpaired) electrons. The highest BCUT2D eigenvalue weighted by atomic mass is 28.4. The van der Waals surface area contributed by atoms with Crippen LogP contribution in [0, 0.1) is 17.5 Å². The lowest BCUT2D eigenvalue weighted by molar-refractivity contribution is -0.134. The van der Waals surface area contributed by atoms with Gasteiger partial charge in [0.1, 0.15) is 0 Å². The van der Waals surface area contributed by atoms with Gasteiger partial charge < -0.3 is 4.43 Å². The predicted octanol–water partition coefficient (Wildman–Crippen LogP) is 3.02. The van der Waals surface area contributed by atoms with Crippen molar-refractivity contribution in [2.75, 3.05) is 0 Å². The average molecular weight is 262 g/mol. The van der Waals surface area contributed by atoms with Crippen LogP contribution in [0.1, 0.15) is 5.56 Å². The van der Waals surface area contributed by atoms with E-state index in [1.807, 2.05) is 0 Å². The third kappa shape index (κ3) is 3.88. The molecule has 0 spiro atoms. The molecule has 0 atom stereocenters. The molecule has 0 unspecified atom stereocenters. The molecule has 1 aromatic rings. The number of carbonyl (C=O) groups excluding carboxylic acids is 1. The Hall–Kier alpha value is -1.30. The van der Waals surface area contributed by atoms with Crippen molar-refractivity contribution in [1.29, 1.82) is 0 Å². The van der Waals surface area contributed by atoms with Gasteiger partial charge in [-0.15, -0.1) is 0 Å². The first kappa shape index (κ1) is 13.8. The number of halogens is 3. The second-order valence-corrected chi connectivity index (χ2v) is 9.03. The van der Waals surface area contributed by atoms with Gasteiger partial charge in [0.2, 0.25) is 8.32 Å². The molecule has 0 saturated carbocycles. The fourth-order valence-electron chi connectivity index (χ4n) is 1.24. The highest BCUT2D eigenvalue weighted by Gasteiger charge is 2.22. The Morgan fingerprint density at radius 1 is 1.18 bits per heavy atom. The van der Waals surface area contributed by atoms with E-state index >= 15 is 0 Å². The van der Waals surface area contributed by atoms with Crippen molar-refractivity contribution < 1.29 is 22.4 Å². The van der Waals surface area contributed by atoms with Gasteiger partial charge in [-0.05, 0) is 25.7 Å². The van der Waals surface area contributed by atoms with Crippen molar-refractivity contribution in [2.45, 2.75) is 26.1 Å². The molecular formula is C11H13F3O2Si.